The lowest BCUT2D eigenvalue weighted by Gasteiger charge is -2.25. The number of carbonyl (C=O) groups is 1. The maximum absolute atomic E-state index is 12.6. The SMILES string of the molecule is CCCN(CC)C(=O)CC(c1c[nH]c2ncccc12)C(C)C. The van der Waals surface area contributed by atoms with Crippen LogP contribution in [-0.2, 0) is 4.79 Å². The summed E-state index contributed by atoms with van der Waals surface area (Å²) in [4.78, 5) is 22.2. The largest absolute Gasteiger partial charge is 0.346 e. The second kappa shape index (κ2) is 7.43. The van der Waals surface area contributed by atoms with Gasteiger partial charge in [0.15, 0.2) is 0 Å². The zero-order chi connectivity index (χ0) is 16.1. The first kappa shape index (κ1) is 16.5. The van der Waals surface area contributed by atoms with Crippen molar-refractivity contribution < 1.29 is 4.79 Å². The molecule has 0 aliphatic rings. The van der Waals surface area contributed by atoms with Gasteiger partial charge in [0, 0.05) is 37.3 Å². The number of aromatic amines is 1. The molecule has 1 atom stereocenters. The number of fused-ring (bicyclic) bond motifs is 1. The molecular formula is C18H27N3O. The van der Waals surface area contributed by atoms with Gasteiger partial charge in [0.1, 0.15) is 5.65 Å². The number of rotatable bonds is 7. The molecule has 2 rings (SSSR count). The summed E-state index contributed by atoms with van der Waals surface area (Å²) in [5.74, 6) is 0.876. The number of amides is 1. The highest BCUT2D eigenvalue weighted by Gasteiger charge is 2.24. The molecule has 0 aliphatic carbocycles. The third kappa shape index (κ3) is 3.49. The first-order chi connectivity index (χ1) is 10.6. The minimum atomic E-state index is 0.219. The molecule has 22 heavy (non-hydrogen) atoms. The molecule has 0 aromatic carbocycles. The van der Waals surface area contributed by atoms with Gasteiger partial charge in [-0.1, -0.05) is 20.8 Å². The third-order valence-corrected chi connectivity index (χ3v) is 4.31. The molecule has 0 saturated carbocycles. The van der Waals surface area contributed by atoms with E-state index >= 15 is 0 Å². The van der Waals surface area contributed by atoms with Gasteiger partial charge < -0.3 is 9.88 Å². The Hall–Kier alpha value is -1.84. The highest BCUT2D eigenvalue weighted by molar-refractivity contribution is 5.82. The average Bonchev–Trinajstić information content (AvgIpc) is 2.93. The monoisotopic (exact) mass is 301 g/mol. The molecule has 0 radical (unpaired) electrons. The molecule has 0 saturated heterocycles. The van der Waals surface area contributed by atoms with Gasteiger partial charge >= 0.3 is 0 Å². The Morgan fingerprint density at radius 2 is 2.14 bits per heavy atom. The number of aromatic nitrogens is 2. The van der Waals surface area contributed by atoms with E-state index in [4.69, 9.17) is 0 Å². The summed E-state index contributed by atoms with van der Waals surface area (Å²) in [6.45, 7) is 10.2. The van der Waals surface area contributed by atoms with Crippen molar-refractivity contribution in [3.63, 3.8) is 0 Å². The van der Waals surface area contributed by atoms with Crippen LogP contribution in [0, 0.1) is 5.92 Å². The summed E-state index contributed by atoms with van der Waals surface area (Å²) in [6, 6.07) is 4.03. The second-order valence-electron chi connectivity index (χ2n) is 6.17. The summed E-state index contributed by atoms with van der Waals surface area (Å²) in [6.07, 6.45) is 5.38. The van der Waals surface area contributed by atoms with E-state index in [1.807, 2.05) is 24.1 Å². The van der Waals surface area contributed by atoms with E-state index in [9.17, 15) is 4.79 Å². The van der Waals surface area contributed by atoms with E-state index in [1.165, 1.54) is 5.56 Å². The van der Waals surface area contributed by atoms with E-state index < -0.39 is 0 Å². The van der Waals surface area contributed by atoms with Gasteiger partial charge in [-0.05, 0) is 42.9 Å². The molecular weight excluding hydrogens is 274 g/mol. The van der Waals surface area contributed by atoms with E-state index in [0.29, 0.717) is 12.3 Å². The Balaban J connectivity index is 2.25. The molecule has 0 bridgehead atoms. The number of hydrogen-bond donors (Lipinski definition) is 1. The fraction of sp³-hybridized carbons (Fsp3) is 0.556. The first-order valence-electron chi connectivity index (χ1n) is 8.28. The van der Waals surface area contributed by atoms with Crippen LogP contribution in [0.5, 0.6) is 0 Å². The van der Waals surface area contributed by atoms with E-state index in [1.54, 1.807) is 6.20 Å². The minimum Gasteiger partial charge on any atom is -0.346 e. The van der Waals surface area contributed by atoms with Crippen LogP contribution < -0.4 is 0 Å². The van der Waals surface area contributed by atoms with E-state index in [-0.39, 0.29) is 11.8 Å². The molecule has 4 heteroatoms. The van der Waals surface area contributed by atoms with Gasteiger partial charge in [0.2, 0.25) is 5.91 Å². The number of H-pyrrole nitrogens is 1. The first-order valence-corrected chi connectivity index (χ1v) is 8.28. The van der Waals surface area contributed by atoms with Crippen molar-refractivity contribution in [2.75, 3.05) is 13.1 Å². The maximum Gasteiger partial charge on any atom is 0.223 e. The highest BCUT2D eigenvalue weighted by Crippen LogP contribution is 2.33. The van der Waals surface area contributed by atoms with Crippen LogP contribution in [0.4, 0.5) is 0 Å². The van der Waals surface area contributed by atoms with Crippen molar-refractivity contribution in [1.29, 1.82) is 0 Å². The van der Waals surface area contributed by atoms with Gasteiger partial charge in [-0.2, -0.15) is 0 Å². The lowest BCUT2D eigenvalue weighted by atomic mass is 9.85. The predicted octanol–water partition coefficient (Wildman–Crippen LogP) is 3.95. The van der Waals surface area contributed by atoms with Crippen molar-refractivity contribution in [2.45, 2.75) is 46.5 Å². The van der Waals surface area contributed by atoms with Gasteiger partial charge in [-0.15, -0.1) is 0 Å². The van der Waals surface area contributed by atoms with Crippen molar-refractivity contribution in [2.24, 2.45) is 5.92 Å². The molecule has 0 spiro atoms. The lowest BCUT2D eigenvalue weighted by Crippen LogP contribution is -2.33. The zero-order valence-corrected chi connectivity index (χ0v) is 14.1. The van der Waals surface area contributed by atoms with Crippen molar-refractivity contribution in [1.82, 2.24) is 14.9 Å². The minimum absolute atomic E-state index is 0.219. The Kier molecular flexibility index (Phi) is 5.58. The topological polar surface area (TPSA) is 49.0 Å². The molecule has 2 aromatic rings. The number of nitrogens with one attached hydrogen (secondary N) is 1. The Morgan fingerprint density at radius 1 is 1.36 bits per heavy atom. The molecule has 2 heterocycles. The molecule has 2 aromatic heterocycles. The molecule has 0 aliphatic heterocycles. The van der Waals surface area contributed by atoms with Crippen molar-refractivity contribution in [3.05, 3.63) is 30.1 Å². The normalized spacial score (nSPS) is 12.8. The van der Waals surface area contributed by atoms with Gasteiger partial charge in [-0.3, -0.25) is 4.79 Å². The second-order valence-corrected chi connectivity index (χ2v) is 6.17. The van der Waals surface area contributed by atoms with Crippen LogP contribution >= 0.6 is 0 Å². The number of nitrogens with zero attached hydrogens (tertiary/aromatic N) is 2. The molecule has 4 nitrogen and oxygen atoms in total. The Morgan fingerprint density at radius 3 is 2.77 bits per heavy atom. The fourth-order valence-electron chi connectivity index (χ4n) is 3.03. The van der Waals surface area contributed by atoms with E-state index in [2.05, 4.69) is 36.8 Å². The molecule has 1 unspecified atom stereocenters. The average molecular weight is 301 g/mol. The Labute approximate surface area is 132 Å². The van der Waals surface area contributed by atoms with Crippen LogP contribution in [0.2, 0.25) is 0 Å². The highest BCUT2D eigenvalue weighted by atomic mass is 16.2. The van der Waals surface area contributed by atoms with Crippen molar-refractivity contribution in [3.8, 4) is 0 Å². The maximum atomic E-state index is 12.6. The summed E-state index contributed by atoms with van der Waals surface area (Å²) in [5, 5.41) is 1.13. The van der Waals surface area contributed by atoms with Crippen LogP contribution in [0.25, 0.3) is 11.0 Å². The van der Waals surface area contributed by atoms with Gasteiger partial charge in [-0.25, -0.2) is 4.98 Å². The molecule has 1 amide bonds. The van der Waals surface area contributed by atoms with Crippen molar-refractivity contribution >= 4 is 16.9 Å². The smallest absolute Gasteiger partial charge is 0.223 e. The van der Waals surface area contributed by atoms with Gasteiger partial charge in [0.05, 0.1) is 0 Å². The number of carbonyl (C=O) groups excluding carboxylic acids is 1. The van der Waals surface area contributed by atoms with Gasteiger partial charge in [0.25, 0.3) is 0 Å². The van der Waals surface area contributed by atoms with Crippen LogP contribution in [0.1, 0.15) is 52.0 Å². The number of hydrogen-bond acceptors (Lipinski definition) is 2. The summed E-state index contributed by atoms with van der Waals surface area (Å²) in [5.41, 5.74) is 2.11. The fourth-order valence-corrected chi connectivity index (χ4v) is 3.03. The quantitative estimate of drug-likeness (QED) is 0.841. The lowest BCUT2D eigenvalue weighted by molar-refractivity contribution is -0.131. The van der Waals surface area contributed by atoms with Crippen LogP contribution in [0.3, 0.4) is 0 Å². The van der Waals surface area contributed by atoms with Crippen LogP contribution in [0.15, 0.2) is 24.5 Å². The summed E-state index contributed by atoms with van der Waals surface area (Å²) >= 11 is 0. The van der Waals surface area contributed by atoms with Crippen LogP contribution in [-0.4, -0.2) is 33.9 Å². The summed E-state index contributed by atoms with van der Waals surface area (Å²) < 4.78 is 0. The summed E-state index contributed by atoms with van der Waals surface area (Å²) in [7, 11) is 0. The Bertz CT molecular complexity index is 618. The number of pyridine rings is 1. The molecule has 120 valence electrons. The molecule has 1 N–H and O–H groups in total. The van der Waals surface area contributed by atoms with E-state index in [0.717, 1.165) is 30.5 Å². The zero-order valence-electron chi connectivity index (χ0n) is 14.1. The standard InChI is InChI=1S/C18H27N3O/c1-5-10-21(6-2)17(22)11-15(13(3)4)16-12-20-18-14(16)8-7-9-19-18/h7-9,12-13,15H,5-6,10-11H2,1-4H3,(H,19,20). The third-order valence-electron chi connectivity index (χ3n) is 4.31. The molecule has 0 fully saturated rings. The predicted molar refractivity (Wildman–Crippen MR) is 90.8 cm³/mol.